The van der Waals surface area contributed by atoms with E-state index in [0.29, 0.717) is 11.1 Å². The zero-order valence-electron chi connectivity index (χ0n) is 56.3. The Hall–Kier alpha value is -10.5. The van der Waals surface area contributed by atoms with Crippen LogP contribution >= 0.6 is 0 Å². The minimum absolute atomic E-state index is 0.00115. The number of guanidine groups is 1. The number of carboxylic acids is 3. The Kier molecular flexibility index (Phi) is 32.6. The summed E-state index contributed by atoms with van der Waals surface area (Å²) in [5, 5.41) is 71.1. The number of nitrogens with one attached hydrogen (secondary N) is 9. The molecule has 12 amide bonds. The van der Waals surface area contributed by atoms with Gasteiger partial charge >= 0.3 is 17.9 Å². The van der Waals surface area contributed by atoms with E-state index in [2.05, 4.69) is 52.8 Å². The highest BCUT2D eigenvalue weighted by molar-refractivity contribution is 6.01. The second kappa shape index (κ2) is 39.8. The molecular weight excluding hydrogens is 1310 g/mol. The molecule has 0 aromatic heterocycles. The molecule has 2 aliphatic rings. The van der Waals surface area contributed by atoms with Gasteiger partial charge in [-0.15, -0.1) is 0 Å². The summed E-state index contributed by atoms with van der Waals surface area (Å²) < 4.78 is 0. The molecule has 2 saturated heterocycles. The molecule has 2 aromatic carbocycles. The first-order valence-electron chi connectivity index (χ1n) is 32.6. The maximum Gasteiger partial charge on any atom is 0.326 e. The lowest BCUT2D eigenvalue weighted by molar-refractivity contribution is -0.145. The standard InChI is InChI=1S/C64H94N16O20/c1-32(2)26-43(76-60(96)51(33(3)4)78-52(88)34(5)70-54(90)40(21-22-48(66)83)71-53(89)38(65)31-81)61(97)79-24-11-16-47(79)59(95)74-42(30-50(86)87)56(92)73-41(29-49(84)85)57(93)75-44(27-35-12-7-6-8-13-35)62(98)80-25-10-15-46(80)58(94)72-39(14-9-23-69-64(67)68)55(91)77-45(63(99)100)28-36-17-19-37(82)20-18-36/h6-8,12-13,17-20,32-34,38-47,51,81-82H,9-11,14-16,21-31,65H2,1-5H3,(H2,66,83)(H,70,90)(H,71,89)(H,72,94)(H,73,92)(H,74,95)(H,75,93)(H,76,96)(H,77,91)(H,78,88)(H,84,85)(H,86,87)(H,99,100)(H4,67,68,69)/t34-,38-,39-,40-,41-,42-,43-,44-,45-,46-,47-,51-/m0/s1. The van der Waals surface area contributed by atoms with Gasteiger partial charge in [0.25, 0.3) is 0 Å². The maximum absolute atomic E-state index is 14.8. The Labute approximate surface area is 576 Å². The maximum atomic E-state index is 14.8. The minimum Gasteiger partial charge on any atom is -0.508 e. The summed E-state index contributed by atoms with van der Waals surface area (Å²) in [6.07, 6.45) is -3.08. The summed E-state index contributed by atoms with van der Waals surface area (Å²) in [6, 6.07) is -4.56. The fraction of sp³-hybridized carbons (Fsp3) is 0.562. The van der Waals surface area contributed by atoms with Crippen LogP contribution in [0.25, 0.3) is 0 Å². The van der Waals surface area contributed by atoms with Gasteiger partial charge in [-0.2, -0.15) is 0 Å². The Morgan fingerprint density at radius 2 is 0.990 bits per heavy atom. The second-order valence-electron chi connectivity index (χ2n) is 25.2. The molecule has 2 aliphatic heterocycles. The predicted molar refractivity (Wildman–Crippen MR) is 354 cm³/mol. The number of carbonyl (C=O) groups is 15. The highest BCUT2D eigenvalue weighted by Crippen LogP contribution is 2.24. The molecule has 2 aromatic rings. The van der Waals surface area contributed by atoms with Crippen molar-refractivity contribution in [3.8, 4) is 5.75 Å². The van der Waals surface area contributed by atoms with Crippen molar-refractivity contribution < 1.29 is 97.5 Å². The number of aliphatic carboxylic acids is 3. The summed E-state index contributed by atoms with van der Waals surface area (Å²) >= 11 is 0. The number of primary amides is 1. The largest absolute Gasteiger partial charge is 0.508 e. The number of likely N-dealkylation sites (tertiary alicyclic amines) is 2. The molecule has 0 saturated carbocycles. The molecule has 2 heterocycles. The number of benzene rings is 2. The smallest absolute Gasteiger partial charge is 0.326 e. The number of nitrogens with zero attached hydrogens (tertiary/aromatic N) is 3. The number of rotatable bonds is 40. The molecule has 0 unspecified atom stereocenters. The molecule has 36 nitrogen and oxygen atoms in total. The number of aliphatic imine (C=N–C) groups is 1. The molecule has 0 bridgehead atoms. The van der Waals surface area contributed by atoms with E-state index < -0.39 is 187 Å². The minimum atomic E-state index is -2.07. The van der Waals surface area contributed by atoms with Crippen molar-refractivity contribution in [2.75, 3.05) is 26.2 Å². The first-order chi connectivity index (χ1) is 47.1. The van der Waals surface area contributed by atoms with Crippen LogP contribution in [0.4, 0.5) is 0 Å². The number of carboxylic acid groups (broad SMARTS) is 3. The lowest BCUT2D eigenvalue weighted by Gasteiger charge is -2.32. The van der Waals surface area contributed by atoms with Gasteiger partial charge in [-0.1, -0.05) is 70.2 Å². The number of carbonyl (C=O) groups excluding carboxylic acids is 12. The summed E-state index contributed by atoms with van der Waals surface area (Å²) in [7, 11) is 0. The Morgan fingerprint density at radius 3 is 1.50 bits per heavy atom. The monoisotopic (exact) mass is 1410 g/mol. The van der Waals surface area contributed by atoms with Crippen LogP contribution in [0, 0.1) is 11.8 Å². The van der Waals surface area contributed by atoms with Crippen molar-refractivity contribution in [3.63, 3.8) is 0 Å². The number of hydrogen-bond acceptors (Lipinski definition) is 19. The van der Waals surface area contributed by atoms with Gasteiger partial charge in [-0.3, -0.25) is 72.1 Å². The molecular formula is C64H94N16O20. The number of aliphatic hydroxyl groups excluding tert-OH is 1. The van der Waals surface area contributed by atoms with E-state index in [1.807, 2.05) is 0 Å². The van der Waals surface area contributed by atoms with Gasteiger partial charge in [-0.05, 0) is 93.4 Å². The summed E-state index contributed by atoms with van der Waals surface area (Å²) in [4.78, 5) is 209. The Bertz CT molecular complexity index is 3280. The number of phenols is 1. The van der Waals surface area contributed by atoms with E-state index in [4.69, 9.17) is 22.9 Å². The Morgan fingerprint density at radius 1 is 0.530 bits per heavy atom. The molecule has 22 N–H and O–H groups in total. The average Bonchev–Trinajstić information content (AvgIpc) is 1.59. The van der Waals surface area contributed by atoms with Crippen molar-refractivity contribution in [2.45, 2.75) is 191 Å². The quantitative estimate of drug-likeness (QED) is 0.0169. The molecule has 0 radical (unpaired) electrons. The Balaban J connectivity index is 1.54. The van der Waals surface area contributed by atoms with E-state index >= 15 is 0 Å². The predicted octanol–water partition coefficient (Wildman–Crippen LogP) is -5.08. The lowest BCUT2D eigenvalue weighted by Crippen LogP contribution is -2.61. The SMILES string of the molecule is CC(C)C[C@H](NC(=O)[C@@H](NC(=O)[C@H](C)NC(=O)[C@H](CCC(N)=O)NC(=O)[C@@H](N)CO)C(C)C)C(=O)N1CCC[C@H]1C(=O)N[C@@H](CC(=O)O)C(=O)N[C@@H](CC(=O)O)C(=O)N[C@@H](Cc1ccccc1)C(=O)N1CCC[C@H]1C(=O)N[C@@H](CCCN=C(N)N)C(=O)N[C@@H](Cc1ccc(O)cc1)C(=O)O. The van der Waals surface area contributed by atoms with E-state index in [-0.39, 0.29) is 108 Å². The van der Waals surface area contributed by atoms with Crippen LogP contribution in [0.2, 0.25) is 0 Å². The van der Waals surface area contributed by atoms with Crippen LogP contribution in [0.3, 0.4) is 0 Å². The number of nitrogens with two attached hydrogens (primary N) is 4. The number of aliphatic hydroxyl groups is 1. The van der Waals surface area contributed by atoms with Crippen LogP contribution in [0.5, 0.6) is 5.75 Å². The number of phenolic OH excluding ortho intramolecular Hbond substituents is 1. The van der Waals surface area contributed by atoms with E-state index in [9.17, 15) is 97.5 Å². The molecule has 12 atom stereocenters. The van der Waals surface area contributed by atoms with Gasteiger partial charge in [0.2, 0.25) is 70.9 Å². The molecule has 4 rings (SSSR count). The summed E-state index contributed by atoms with van der Waals surface area (Å²) in [5.74, 6) is -17.6. The van der Waals surface area contributed by atoms with Crippen molar-refractivity contribution in [1.82, 2.24) is 57.7 Å². The van der Waals surface area contributed by atoms with Gasteiger partial charge in [0.1, 0.15) is 78.3 Å². The van der Waals surface area contributed by atoms with Crippen molar-refractivity contribution >= 4 is 94.8 Å². The van der Waals surface area contributed by atoms with Crippen LogP contribution < -0.4 is 70.8 Å². The molecule has 36 heteroatoms. The summed E-state index contributed by atoms with van der Waals surface area (Å²) in [5.41, 5.74) is 22.7. The zero-order chi connectivity index (χ0) is 74.7. The highest BCUT2D eigenvalue weighted by atomic mass is 16.4. The summed E-state index contributed by atoms with van der Waals surface area (Å²) in [6.45, 7) is 6.96. The third-order valence-corrected chi connectivity index (χ3v) is 16.3. The molecule has 100 heavy (non-hydrogen) atoms. The van der Waals surface area contributed by atoms with Crippen molar-refractivity contribution in [1.29, 1.82) is 0 Å². The van der Waals surface area contributed by atoms with Gasteiger partial charge in [0, 0.05) is 38.9 Å². The molecule has 2 fully saturated rings. The van der Waals surface area contributed by atoms with Crippen molar-refractivity contribution in [2.24, 2.45) is 39.8 Å². The first kappa shape index (κ1) is 81.9. The van der Waals surface area contributed by atoms with Gasteiger partial charge < -0.3 is 106 Å². The van der Waals surface area contributed by atoms with Gasteiger partial charge in [-0.25, -0.2) is 4.79 Å². The van der Waals surface area contributed by atoms with Crippen LogP contribution in [-0.2, 0) is 84.8 Å². The zero-order valence-corrected chi connectivity index (χ0v) is 56.3. The third-order valence-electron chi connectivity index (χ3n) is 16.3. The topological polar surface area (TPSA) is 588 Å². The highest BCUT2D eigenvalue weighted by Gasteiger charge is 2.43. The molecule has 550 valence electrons. The third kappa shape index (κ3) is 26.4. The number of amides is 12. The average molecular weight is 1410 g/mol. The molecule has 0 spiro atoms. The number of aromatic hydroxyl groups is 1. The lowest BCUT2D eigenvalue weighted by atomic mass is 9.99. The van der Waals surface area contributed by atoms with E-state index in [1.54, 1.807) is 58.0 Å². The molecule has 0 aliphatic carbocycles. The van der Waals surface area contributed by atoms with Gasteiger partial charge in [0.15, 0.2) is 5.96 Å². The van der Waals surface area contributed by atoms with Crippen LogP contribution in [0.15, 0.2) is 59.6 Å². The number of hydrogen-bond donors (Lipinski definition) is 18. The van der Waals surface area contributed by atoms with E-state index in [0.717, 1.165) is 9.80 Å². The fourth-order valence-electron chi connectivity index (χ4n) is 11.1. The van der Waals surface area contributed by atoms with Gasteiger partial charge in [0.05, 0.1) is 19.4 Å². The normalized spacial score (nSPS) is 17.2. The fourth-order valence-corrected chi connectivity index (χ4v) is 11.1. The first-order valence-corrected chi connectivity index (χ1v) is 32.6. The second-order valence-corrected chi connectivity index (χ2v) is 25.2. The van der Waals surface area contributed by atoms with Crippen LogP contribution in [0.1, 0.15) is 116 Å². The van der Waals surface area contributed by atoms with Crippen LogP contribution in [-0.4, -0.2) is 229 Å². The van der Waals surface area contributed by atoms with E-state index in [1.165, 1.54) is 31.2 Å². The van der Waals surface area contributed by atoms with Crippen molar-refractivity contribution in [3.05, 3.63) is 65.7 Å².